The third kappa shape index (κ3) is 5.79. The van der Waals surface area contributed by atoms with Crippen molar-refractivity contribution in [2.24, 2.45) is 0 Å². The summed E-state index contributed by atoms with van der Waals surface area (Å²) in [6.07, 6.45) is -5.54. The van der Waals surface area contributed by atoms with Gasteiger partial charge in [0.25, 0.3) is 0 Å². The Balaban J connectivity index is 1.94. The van der Waals surface area contributed by atoms with Gasteiger partial charge in [-0.25, -0.2) is 21.6 Å². The number of benzene rings is 3. The lowest BCUT2D eigenvalue weighted by Crippen LogP contribution is -2.23. The zero-order chi connectivity index (χ0) is 30.3. The number of hydrogen-bond donors (Lipinski definition) is 0. The van der Waals surface area contributed by atoms with Crippen LogP contribution < -0.4 is 0 Å². The summed E-state index contributed by atoms with van der Waals surface area (Å²) in [5, 5.41) is -1.44. The molecule has 2 unspecified atom stereocenters. The van der Waals surface area contributed by atoms with Crippen molar-refractivity contribution in [1.82, 2.24) is 3.97 Å². The van der Waals surface area contributed by atoms with Crippen LogP contribution in [0.2, 0.25) is 0 Å². The number of alkyl halides is 4. The van der Waals surface area contributed by atoms with Gasteiger partial charge in [0, 0.05) is 5.39 Å². The van der Waals surface area contributed by atoms with Gasteiger partial charge >= 0.3 is 12.1 Å². The molecule has 41 heavy (non-hydrogen) atoms. The van der Waals surface area contributed by atoms with Crippen LogP contribution in [0.1, 0.15) is 70.5 Å². The molecule has 0 aliphatic carbocycles. The molecule has 0 saturated heterocycles. The molecule has 0 bridgehead atoms. The Kier molecular flexibility index (Phi) is 7.92. The van der Waals surface area contributed by atoms with E-state index in [1.165, 1.54) is 37.5 Å². The molecule has 3 aromatic carbocycles. The first-order chi connectivity index (χ1) is 19.1. The van der Waals surface area contributed by atoms with Gasteiger partial charge in [-0.15, -0.1) is 6.58 Å². The van der Waals surface area contributed by atoms with Crippen molar-refractivity contribution in [3.8, 4) is 0 Å². The molecule has 10 heteroatoms. The van der Waals surface area contributed by atoms with E-state index in [0.29, 0.717) is 5.56 Å². The predicted octanol–water partition coefficient (Wildman–Crippen LogP) is 7.91. The number of methoxy groups -OCH3 is 1. The van der Waals surface area contributed by atoms with Gasteiger partial charge in [-0.3, -0.25) is 0 Å². The van der Waals surface area contributed by atoms with Crippen molar-refractivity contribution < 1.29 is 35.5 Å². The number of halogens is 4. The number of fused-ring (bicyclic) bond motifs is 1. The van der Waals surface area contributed by atoms with Crippen molar-refractivity contribution in [2.45, 2.75) is 43.8 Å². The summed E-state index contributed by atoms with van der Waals surface area (Å²) in [6, 6.07) is 15.8. The van der Waals surface area contributed by atoms with E-state index in [2.05, 4.69) is 11.3 Å². The fourth-order valence-corrected chi connectivity index (χ4v) is 6.49. The maximum absolute atomic E-state index is 16.2. The molecule has 0 radical (unpaired) electrons. The number of carbonyl (C=O) groups excluding carboxylic acids is 1. The second-order valence-corrected chi connectivity index (χ2v) is 12.6. The Morgan fingerprint density at radius 2 is 1.59 bits per heavy atom. The number of ether oxygens (including phenoxy) is 1. The van der Waals surface area contributed by atoms with Gasteiger partial charge in [0.15, 0.2) is 6.17 Å². The molecule has 5 nitrogen and oxygen atoms in total. The topological polar surface area (TPSA) is 65.4 Å². The first-order valence-electron chi connectivity index (χ1n) is 12.6. The highest BCUT2D eigenvalue weighted by Gasteiger charge is 2.35. The van der Waals surface area contributed by atoms with E-state index in [1.807, 2.05) is 26.8 Å². The lowest BCUT2D eigenvalue weighted by Gasteiger charge is -2.23. The van der Waals surface area contributed by atoms with Gasteiger partial charge < -0.3 is 4.74 Å². The van der Waals surface area contributed by atoms with Crippen molar-refractivity contribution in [3.05, 3.63) is 119 Å². The highest BCUT2D eigenvalue weighted by Crippen LogP contribution is 2.39. The zero-order valence-electron chi connectivity index (χ0n) is 22.9. The van der Waals surface area contributed by atoms with Crippen LogP contribution in [-0.2, 0) is 26.4 Å². The van der Waals surface area contributed by atoms with Crippen molar-refractivity contribution >= 4 is 26.9 Å². The van der Waals surface area contributed by atoms with E-state index in [1.54, 1.807) is 18.2 Å². The van der Waals surface area contributed by atoms with Gasteiger partial charge in [-0.2, -0.15) is 13.2 Å². The van der Waals surface area contributed by atoms with E-state index in [4.69, 9.17) is 0 Å². The molecule has 0 aliphatic rings. The minimum atomic E-state index is -4.69. The molecule has 0 N–H and O–H groups in total. The van der Waals surface area contributed by atoms with Gasteiger partial charge in [0.1, 0.15) is 5.25 Å². The third-order valence-corrected chi connectivity index (χ3v) is 8.89. The molecule has 0 saturated carbocycles. The molecule has 0 aliphatic heterocycles. The monoisotopic (exact) mass is 587 g/mol. The Hall–Kier alpha value is -3.92. The SMILES string of the molecule is C=CC(c1cccc(C(C)(C)C)c1)S(=O)(=O)n1c(C(F)c2ccc(C(=O)OC)cc2)cc2cc(C(F)(F)F)ccc21. The Morgan fingerprint density at radius 3 is 2.15 bits per heavy atom. The summed E-state index contributed by atoms with van der Waals surface area (Å²) in [5.74, 6) is -0.644. The lowest BCUT2D eigenvalue weighted by atomic mass is 9.86. The van der Waals surface area contributed by atoms with E-state index in [-0.39, 0.29) is 33.1 Å². The number of esters is 1. The van der Waals surface area contributed by atoms with Crippen LogP contribution in [0, 0.1) is 0 Å². The van der Waals surface area contributed by atoms with Crippen LogP contribution in [0.4, 0.5) is 17.6 Å². The summed E-state index contributed by atoms with van der Waals surface area (Å²) in [4.78, 5) is 11.8. The van der Waals surface area contributed by atoms with Gasteiger partial charge in [-0.1, -0.05) is 63.2 Å². The fourth-order valence-electron chi connectivity index (χ4n) is 4.65. The average Bonchev–Trinajstić information content (AvgIpc) is 3.31. The van der Waals surface area contributed by atoms with Crippen LogP contribution >= 0.6 is 0 Å². The molecular formula is C31H29F4NO4S. The first kappa shape index (κ1) is 30.0. The Labute approximate surface area is 236 Å². The van der Waals surface area contributed by atoms with Crippen molar-refractivity contribution in [3.63, 3.8) is 0 Å². The van der Waals surface area contributed by atoms with Gasteiger partial charge in [-0.05, 0) is 58.5 Å². The van der Waals surface area contributed by atoms with Gasteiger partial charge in [0.2, 0.25) is 10.0 Å². The number of rotatable bonds is 7. The maximum atomic E-state index is 16.2. The molecule has 4 aromatic rings. The normalized spacial score (nSPS) is 14.0. The molecule has 1 aromatic heterocycles. The largest absolute Gasteiger partial charge is 0.465 e. The molecule has 0 fully saturated rings. The Bertz CT molecular complexity index is 1720. The van der Waals surface area contributed by atoms with Crippen LogP contribution in [0.15, 0.2) is 85.5 Å². The minimum Gasteiger partial charge on any atom is -0.465 e. The number of carbonyl (C=O) groups is 1. The second kappa shape index (κ2) is 10.8. The molecule has 0 spiro atoms. The van der Waals surface area contributed by atoms with Crippen molar-refractivity contribution in [2.75, 3.05) is 7.11 Å². The van der Waals surface area contributed by atoms with E-state index < -0.39 is 39.2 Å². The summed E-state index contributed by atoms with van der Waals surface area (Å²) in [6.45, 7) is 9.63. The van der Waals surface area contributed by atoms with E-state index >= 15 is 4.39 Å². The second-order valence-electron chi connectivity index (χ2n) is 10.7. The molecule has 1 heterocycles. The number of aromatic nitrogens is 1. The summed E-state index contributed by atoms with van der Waals surface area (Å²) < 4.78 is 90.6. The highest BCUT2D eigenvalue weighted by atomic mass is 32.2. The lowest BCUT2D eigenvalue weighted by molar-refractivity contribution is -0.137. The number of nitrogens with zero attached hydrogens (tertiary/aromatic N) is 1. The third-order valence-electron chi connectivity index (χ3n) is 6.87. The van der Waals surface area contributed by atoms with Gasteiger partial charge in [0.05, 0.1) is 29.4 Å². The molecule has 4 rings (SSSR count). The average molecular weight is 588 g/mol. The van der Waals surface area contributed by atoms with Crippen LogP contribution in [0.5, 0.6) is 0 Å². The number of hydrogen-bond acceptors (Lipinski definition) is 4. The molecule has 0 amide bonds. The van der Waals surface area contributed by atoms with E-state index in [0.717, 1.165) is 33.8 Å². The fraction of sp³-hybridized carbons (Fsp3) is 0.258. The standard InChI is InChI=1S/C31H29F4NO4S/c1-6-27(21-8-7-9-23(16-21)30(2,3)4)41(38,39)36-25-15-14-24(31(33,34)35)17-22(25)18-26(36)28(32)19-10-12-20(13-11-19)29(37)40-5/h6-18,27-28H,1H2,2-5H3. The Morgan fingerprint density at radius 1 is 0.927 bits per heavy atom. The molecular weight excluding hydrogens is 558 g/mol. The summed E-state index contributed by atoms with van der Waals surface area (Å²) in [5.41, 5.74) is -0.407. The van der Waals surface area contributed by atoms with Crippen molar-refractivity contribution in [1.29, 1.82) is 0 Å². The summed E-state index contributed by atoms with van der Waals surface area (Å²) in [7, 11) is -3.31. The minimum absolute atomic E-state index is 0.00200. The van der Waals surface area contributed by atoms with Crippen LogP contribution in [0.25, 0.3) is 10.9 Å². The summed E-state index contributed by atoms with van der Waals surface area (Å²) >= 11 is 0. The first-order valence-corrected chi connectivity index (χ1v) is 14.1. The van der Waals surface area contributed by atoms with Crippen LogP contribution in [0.3, 0.4) is 0 Å². The quantitative estimate of drug-likeness (QED) is 0.125. The van der Waals surface area contributed by atoms with Crippen LogP contribution in [-0.4, -0.2) is 25.5 Å². The van der Waals surface area contributed by atoms with E-state index in [9.17, 15) is 26.4 Å². The maximum Gasteiger partial charge on any atom is 0.416 e. The highest BCUT2D eigenvalue weighted by molar-refractivity contribution is 7.90. The molecule has 2 atom stereocenters. The smallest absolute Gasteiger partial charge is 0.416 e. The predicted molar refractivity (Wildman–Crippen MR) is 150 cm³/mol. The molecule has 216 valence electrons. The zero-order valence-corrected chi connectivity index (χ0v) is 23.7.